The largest absolute Gasteiger partial charge is 0.353 e. The van der Waals surface area contributed by atoms with Crippen molar-refractivity contribution < 1.29 is 9.59 Å². The van der Waals surface area contributed by atoms with Gasteiger partial charge in [0.15, 0.2) is 0 Å². The third-order valence-corrected chi connectivity index (χ3v) is 3.91. The third kappa shape index (κ3) is 2.44. The van der Waals surface area contributed by atoms with E-state index in [1.54, 1.807) is 11.8 Å². The summed E-state index contributed by atoms with van der Waals surface area (Å²) in [6.07, 6.45) is 0. The summed E-state index contributed by atoms with van der Waals surface area (Å²) < 4.78 is 0. The van der Waals surface area contributed by atoms with E-state index in [0.29, 0.717) is 13.1 Å². The van der Waals surface area contributed by atoms with Gasteiger partial charge in [-0.15, -0.1) is 0 Å². The van der Waals surface area contributed by atoms with Crippen molar-refractivity contribution in [3.63, 3.8) is 0 Å². The minimum Gasteiger partial charge on any atom is -0.353 e. The molecule has 1 heterocycles. The molecule has 0 radical (unpaired) electrons. The number of amides is 2. The fourth-order valence-corrected chi connectivity index (χ4v) is 1.69. The standard InChI is InChI=1S/C12H23N3O2/c1-8-9(16)14-6-7-15(8)10(17)11(2,3)12(4,5)13/h8H,6-7,13H2,1-5H3,(H,14,16). The molecule has 98 valence electrons. The molecule has 2 amide bonds. The molecule has 17 heavy (non-hydrogen) atoms. The summed E-state index contributed by atoms with van der Waals surface area (Å²) >= 11 is 0. The van der Waals surface area contributed by atoms with E-state index in [4.69, 9.17) is 5.73 Å². The van der Waals surface area contributed by atoms with E-state index >= 15 is 0 Å². The Hall–Kier alpha value is -1.10. The quantitative estimate of drug-likeness (QED) is 0.720. The van der Waals surface area contributed by atoms with Crippen LogP contribution in [0.25, 0.3) is 0 Å². The van der Waals surface area contributed by atoms with E-state index in [-0.39, 0.29) is 11.8 Å². The highest BCUT2D eigenvalue weighted by atomic mass is 16.2. The minimum atomic E-state index is -0.696. The zero-order chi connectivity index (χ0) is 13.4. The van der Waals surface area contributed by atoms with Gasteiger partial charge in [-0.3, -0.25) is 9.59 Å². The Morgan fingerprint density at radius 1 is 1.41 bits per heavy atom. The number of hydrogen-bond donors (Lipinski definition) is 2. The average molecular weight is 241 g/mol. The summed E-state index contributed by atoms with van der Waals surface area (Å²) in [6.45, 7) is 10.1. The second-order valence-corrected chi connectivity index (χ2v) is 5.81. The molecule has 1 saturated heterocycles. The van der Waals surface area contributed by atoms with Gasteiger partial charge >= 0.3 is 0 Å². The fourth-order valence-electron chi connectivity index (χ4n) is 1.69. The van der Waals surface area contributed by atoms with Crippen LogP contribution in [0.3, 0.4) is 0 Å². The molecule has 0 aromatic carbocycles. The maximum absolute atomic E-state index is 12.5. The first-order valence-electron chi connectivity index (χ1n) is 5.96. The van der Waals surface area contributed by atoms with Crippen LogP contribution in [0.1, 0.15) is 34.6 Å². The number of carbonyl (C=O) groups is 2. The smallest absolute Gasteiger partial charge is 0.242 e. The van der Waals surface area contributed by atoms with Crippen LogP contribution in [0, 0.1) is 5.41 Å². The number of carbonyl (C=O) groups excluding carboxylic acids is 2. The zero-order valence-electron chi connectivity index (χ0n) is 11.3. The predicted octanol–water partition coefficient (Wildman–Crippen LogP) is 0.0968. The third-order valence-electron chi connectivity index (χ3n) is 3.91. The molecule has 1 aliphatic heterocycles. The monoisotopic (exact) mass is 241 g/mol. The maximum Gasteiger partial charge on any atom is 0.242 e. The Bertz CT molecular complexity index is 331. The van der Waals surface area contributed by atoms with Gasteiger partial charge in [0.2, 0.25) is 11.8 Å². The normalized spacial score (nSPS) is 22.4. The Labute approximate surface area is 103 Å². The van der Waals surface area contributed by atoms with Crippen molar-refractivity contribution in [2.45, 2.75) is 46.2 Å². The molecule has 0 spiro atoms. The molecule has 0 saturated carbocycles. The van der Waals surface area contributed by atoms with E-state index in [2.05, 4.69) is 5.32 Å². The van der Waals surface area contributed by atoms with Crippen LogP contribution in [0.5, 0.6) is 0 Å². The van der Waals surface area contributed by atoms with Crippen molar-refractivity contribution in [1.29, 1.82) is 0 Å². The highest BCUT2D eigenvalue weighted by Gasteiger charge is 2.45. The lowest BCUT2D eigenvalue weighted by atomic mass is 9.74. The lowest BCUT2D eigenvalue weighted by Crippen LogP contribution is -2.63. The van der Waals surface area contributed by atoms with Crippen molar-refractivity contribution in [2.75, 3.05) is 13.1 Å². The molecule has 3 N–H and O–H groups in total. The van der Waals surface area contributed by atoms with Crippen molar-refractivity contribution in [3.05, 3.63) is 0 Å². The Morgan fingerprint density at radius 2 is 1.94 bits per heavy atom. The summed E-state index contributed by atoms with van der Waals surface area (Å²) in [5, 5.41) is 2.74. The summed E-state index contributed by atoms with van der Waals surface area (Å²) in [7, 11) is 0. The lowest BCUT2D eigenvalue weighted by molar-refractivity contribution is -0.151. The molecule has 0 aromatic rings. The van der Waals surface area contributed by atoms with Gasteiger partial charge in [-0.05, 0) is 34.6 Å². The van der Waals surface area contributed by atoms with Crippen LogP contribution in [0.4, 0.5) is 0 Å². The number of hydrogen-bond acceptors (Lipinski definition) is 3. The van der Waals surface area contributed by atoms with Gasteiger partial charge in [0.25, 0.3) is 0 Å². The van der Waals surface area contributed by atoms with Crippen molar-refractivity contribution in [1.82, 2.24) is 10.2 Å². The highest BCUT2D eigenvalue weighted by Crippen LogP contribution is 2.31. The molecule has 1 rings (SSSR count). The number of piperazine rings is 1. The average Bonchev–Trinajstić information content (AvgIpc) is 2.19. The van der Waals surface area contributed by atoms with E-state index in [9.17, 15) is 9.59 Å². The van der Waals surface area contributed by atoms with Crippen LogP contribution in [-0.2, 0) is 9.59 Å². The summed E-state index contributed by atoms with van der Waals surface area (Å²) in [5.41, 5.74) is 4.73. The number of nitrogens with two attached hydrogens (primary N) is 1. The number of nitrogens with zero attached hydrogens (tertiary/aromatic N) is 1. The lowest BCUT2D eigenvalue weighted by Gasteiger charge is -2.43. The predicted molar refractivity (Wildman–Crippen MR) is 66.2 cm³/mol. The summed E-state index contributed by atoms with van der Waals surface area (Å²) in [5.74, 6) is -0.164. The van der Waals surface area contributed by atoms with Crippen molar-refractivity contribution in [3.8, 4) is 0 Å². The highest BCUT2D eigenvalue weighted by molar-refractivity contribution is 5.91. The van der Waals surface area contributed by atoms with Crippen molar-refractivity contribution in [2.24, 2.45) is 11.1 Å². The molecular weight excluding hydrogens is 218 g/mol. The van der Waals surface area contributed by atoms with E-state index in [1.165, 1.54) is 0 Å². The first kappa shape index (κ1) is 14.0. The van der Waals surface area contributed by atoms with Crippen LogP contribution in [-0.4, -0.2) is 41.4 Å². The molecule has 1 atom stereocenters. The molecular formula is C12H23N3O2. The molecule has 1 unspecified atom stereocenters. The second-order valence-electron chi connectivity index (χ2n) is 5.81. The molecule has 1 aliphatic rings. The van der Waals surface area contributed by atoms with Crippen molar-refractivity contribution >= 4 is 11.8 Å². The van der Waals surface area contributed by atoms with Crippen LogP contribution in [0.15, 0.2) is 0 Å². The summed E-state index contributed by atoms with van der Waals surface area (Å²) in [6, 6.07) is -0.419. The zero-order valence-corrected chi connectivity index (χ0v) is 11.3. The maximum atomic E-state index is 12.5. The van der Waals surface area contributed by atoms with Gasteiger partial charge in [-0.2, -0.15) is 0 Å². The van der Waals surface area contributed by atoms with E-state index in [1.807, 2.05) is 27.7 Å². The Kier molecular flexibility index (Phi) is 3.52. The minimum absolute atomic E-state index is 0.0626. The first-order valence-corrected chi connectivity index (χ1v) is 5.96. The first-order chi connectivity index (χ1) is 7.59. The molecule has 5 nitrogen and oxygen atoms in total. The second kappa shape index (κ2) is 4.29. The molecule has 1 fully saturated rings. The van der Waals surface area contributed by atoms with Gasteiger partial charge in [0.1, 0.15) is 6.04 Å². The fraction of sp³-hybridized carbons (Fsp3) is 0.833. The number of nitrogens with one attached hydrogen (secondary N) is 1. The summed E-state index contributed by atoms with van der Waals surface area (Å²) in [4.78, 5) is 25.7. The molecule has 5 heteroatoms. The van der Waals surface area contributed by atoms with Gasteiger partial charge in [-0.1, -0.05) is 0 Å². The van der Waals surface area contributed by atoms with Gasteiger partial charge < -0.3 is 16.0 Å². The molecule has 0 aromatic heterocycles. The SMILES string of the molecule is CC1C(=O)NCCN1C(=O)C(C)(C)C(C)(C)N. The van der Waals surface area contributed by atoms with Gasteiger partial charge in [0, 0.05) is 18.6 Å². The van der Waals surface area contributed by atoms with Gasteiger partial charge in [-0.25, -0.2) is 0 Å². The molecule has 0 aliphatic carbocycles. The van der Waals surface area contributed by atoms with Crippen LogP contribution < -0.4 is 11.1 Å². The Morgan fingerprint density at radius 3 is 2.41 bits per heavy atom. The molecule has 0 bridgehead atoms. The van der Waals surface area contributed by atoms with E-state index < -0.39 is 17.0 Å². The van der Waals surface area contributed by atoms with Gasteiger partial charge in [0.05, 0.1) is 5.41 Å². The Balaban J connectivity index is 2.93. The number of rotatable bonds is 2. The topological polar surface area (TPSA) is 75.4 Å². The van der Waals surface area contributed by atoms with Crippen LogP contribution >= 0.6 is 0 Å². The van der Waals surface area contributed by atoms with E-state index in [0.717, 1.165) is 0 Å². The van der Waals surface area contributed by atoms with Crippen LogP contribution in [0.2, 0.25) is 0 Å².